The lowest BCUT2D eigenvalue weighted by Gasteiger charge is -2.19. The lowest BCUT2D eigenvalue weighted by molar-refractivity contribution is -0.153. The molecule has 0 saturated carbocycles. The fraction of sp³-hybridized carbons (Fsp3) is 0.375. The van der Waals surface area contributed by atoms with Crippen LogP contribution in [0.15, 0.2) is 30.5 Å². The average Bonchev–Trinajstić information content (AvgIpc) is 2.40. The Labute approximate surface area is 129 Å². The van der Waals surface area contributed by atoms with Gasteiger partial charge in [-0.15, -0.1) is 0 Å². The van der Waals surface area contributed by atoms with Gasteiger partial charge < -0.3 is 10.1 Å². The van der Waals surface area contributed by atoms with Gasteiger partial charge in [0.2, 0.25) is 0 Å². The van der Waals surface area contributed by atoms with Crippen LogP contribution in [0, 0.1) is 0 Å². The van der Waals surface area contributed by atoms with Crippen molar-refractivity contribution >= 4 is 28.5 Å². The van der Waals surface area contributed by atoms with Crippen molar-refractivity contribution in [2.75, 3.05) is 6.54 Å². The van der Waals surface area contributed by atoms with Gasteiger partial charge >= 0.3 is 5.97 Å². The smallest absolute Gasteiger partial charge is 0.320 e. The molecular weight excluding hydrogens is 288 g/mol. The van der Waals surface area contributed by atoms with E-state index in [4.69, 9.17) is 16.3 Å². The number of hydrogen-bond acceptors (Lipinski definition) is 4. The van der Waals surface area contributed by atoms with Crippen molar-refractivity contribution in [1.29, 1.82) is 0 Å². The number of nitrogens with one attached hydrogen (secondary N) is 1. The van der Waals surface area contributed by atoms with Crippen molar-refractivity contribution in [2.24, 2.45) is 0 Å². The van der Waals surface area contributed by atoms with Crippen molar-refractivity contribution in [3.63, 3.8) is 0 Å². The predicted molar refractivity (Wildman–Crippen MR) is 84.3 cm³/mol. The van der Waals surface area contributed by atoms with Gasteiger partial charge in [0.1, 0.15) is 5.60 Å². The molecule has 21 heavy (non-hydrogen) atoms. The number of halogens is 1. The molecule has 2 aromatic rings. The second kappa shape index (κ2) is 6.41. The second-order valence-electron chi connectivity index (χ2n) is 5.80. The Kier molecular flexibility index (Phi) is 4.80. The molecule has 0 saturated heterocycles. The van der Waals surface area contributed by atoms with E-state index < -0.39 is 5.60 Å². The number of esters is 1. The molecular formula is C16H19ClN2O2. The van der Waals surface area contributed by atoms with Crippen LogP contribution >= 0.6 is 11.6 Å². The number of pyridine rings is 1. The summed E-state index contributed by atoms with van der Waals surface area (Å²) >= 11 is 6.15. The normalized spacial score (nSPS) is 11.6. The van der Waals surface area contributed by atoms with Crippen molar-refractivity contribution in [3.05, 3.63) is 41.0 Å². The number of ether oxygens (including phenoxy) is 1. The van der Waals surface area contributed by atoms with E-state index in [2.05, 4.69) is 10.3 Å². The second-order valence-corrected chi connectivity index (χ2v) is 6.20. The first-order valence-electron chi connectivity index (χ1n) is 6.81. The molecule has 4 nitrogen and oxygen atoms in total. The van der Waals surface area contributed by atoms with Crippen LogP contribution in [0.2, 0.25) is 5.02 Å². The van der Waals surface area contributed by atoms with Gasteiger partial charge in [-0.1, -0.05) is 17.7 Å². The molecule has 0 unspecified atom stereocenters. The van der Waals surface area contributed by atoms with Crippen molar-refractivity contribution < 1.29 is 9.53 Å². The van der Waals surface area contributed by atoms with E-state index in [0.29, 0.717) is 11.6 Å². The van der Waals surface area contributed by atoms with Crippen molar-refractivity contribution in [2.45, 2.75) is 32.9 Å². The van der Waals surface area contributed by atoms with Crippen LogP contribution in [0.4, 0.5) is 0 Å². The number of hydrogen-bond donors (Lipinski definition) is 1. The van der Waals surface area contributed by atoms with Crippen LogP contribution in [0.25, 0.3) is 10.9 Å². The maximum absolute atomic E-state index is 11.6. The summed E-state index contributed by atoms with van der Waals surface area (Å²) in [5.41, 5.74) is 1.38. The van der Waals surface area contributed by atoms with Gasteiger partial charge in [0.25, 0.3) is 0 Å². The van der Waals surface area contributed by atoms with Gasteiger partial charge in [0, 0.05) is 23.2 Å². The highest BCUT2D eigenvalue weighted by molar-refractivity contribution is 6.35. The zero-order valence-electron chi connectivity index (χ0n) is 12.4. The highest BCUT2D eigenvalue weighted by Gasteiger charge is 2.15. The highest BCUT2D eigenvalue weighted by Crippen LogP contribution is 2.24. The Balaban J connectivity index is 2.02. The van der Waals surface area contributed by atoms with E-state index in [-0.39, 0.29) is 12.5 Å². The molecule has 2 rings (SSSR count). The molecule has 1 aromatic carbocycles. The molecule has 1 heterocycles. The number of nitrogens with zero attached hydrogens (tertiary/aromatic N) is 1. The topological polar surface area (TPSA) is 51.2 Å². The molecule has 1 N–H and O–H groups in total. The molecule has 0 atom stereocenters. The average molecular weight is 307 g/mol. The minimum atomic E-state index is -0.465. The van der Waals surface area contributed by atoms with Crippen LogP contribution in [0.3, 0.4) is 0 Å². The van der Waals surface area contributed by atoms with E-state index in [9.17, 15) is 4.79 Å². The van der Waals surface area contributed by atoms with Gasteiger partial charge in [0.15, 0.2) is 0 Å². The quantitative estimate of drug-likeness (QED) is 0.880. The third-order valence-electron chi connectivity index (χ3n) is 2.80. The summed E-state index contributed by atoms with van der Waals surface area (Å²) in [7, 11) is 0. The monoisotopic (exact) mass is 306 g/mol. The minimum Gasteiger partial charge on any atom is -0.459 e. The number of fused-ring (bicyclic) bond motifs is 1. The van der Waals surface area contributed by atoms with Crippen LogP contribution in [0.1, 0.15) is 26.3 Å². The molecule has 0 aliphatic rings. The lowest BCUT2D eigenvalue weighted by Crippen LogP contribution is -2.31. The van der Waals surface area contributed by atoms with E-state index in [0.717, 1.165) is 16.5 Å². The summed E-state index contributed by atoms with van der Waals surface area (Å²) in [6.45, 7) is 6.24. The summed E-state index contributed by atoms with van der Waals surface area (Å²) in [4.78, 5) is 16.0. The van der Waals surface area contributed by atoms with Gasteiger partial charge in [-0.2, -0.15) is 0 Å². The van der Waals surface area contributed by atoms with E-state index >= 15 is 0 Å². The molecule has 0 radical (unpaired) electrons. The lowest BCUT2D eigenvalue weighted by atomic mass is 10.1. The molecule has 1 aromatic heterocycles. The SMILES string of the molecule is CC(C)(C)OC(=O)CNCc1ccc(Cl)c2cccnc12. The van der Waals surface area contributed by atoms with Crippen molar-refractivity contribution in [3.8, 4) is 0 Å². The Hall–Kier alpha value is -1.65. The Morgan fingerprint density at radius 2 is 2.10 bits per heavy atom. The fourth-order valence-electron chi connectivity index (χ4n) is 2.02. The van der Waals surface area contributed by atoms with Gasteiger partial charge in [0.05, 0.1) is 12.1 Å². The van der Waals surface area contributed by atoms with Gasteiger partial charge in [-0.25, -0.2) is 0 Å². The van der Waals surface area contributed by atoms with Crippen LogP contribution < -0.4 is 5.32 Å². The fourth-order valence-corrected chi connectivity index (χ4v) is 2.23. The zero-order valence-corrected chi connectivity index (χ0v) is 13.2. The van der Waals surface area contributed by atoms with E-state index in [1.807, 2.05) is 45.0 Å². The predicted octanol–water partition coefficient (Wildman–Crippen LogP) is 3.32. The van der Waals surface area contributed by atoms with Crippen molar-refractivity contribution in [1.82, 2.24) is 10.3 Å². The maximum atomic E-state index is 11.6. The first-order valence-corrected chi connectivity index (χ1v) is 7.19. The summed E-state index contributed by atoms with van der Waals surface area (Å²) in [5, 5.41) is 4.67. The molecule has 0 amide bonds. The summed E-state index contributed by atoms with van der Waals surface area (Å²) < 4.78 is 5.24. The third kappa shape index (κ3) is 4.41. The van der Waals surface area contributed by atoms with Gasteiger partial charge in [-0.3, -0.25) is 9.78 Å². The van der Waals surface area contributed by atoms with Crippen LogP contribution in [0.5, 0.6) is 0 Å². The largest absolute Gasteiger partial charge is 0.459 e. The first kappa shape index (κ1) is 15.7. The molecule has 0 bridgehead atoms. The Bertz CT molecular complexity index is 650. The number of carbonyl (C=O) groups is 1. The highest BCUT2D eigenvalue weighted by atomic mass is 35.5. The number of carbonyl (C=O) groups excluding carboxylic acids is 1. The molecule has 5 heteroatoms. The van der Waals surface area contributed by atoms with Crippen LogP contribution in [-0.4, -0.2) is 23.1 Å². The molecule has 0 spiro atoms. The first-order chi connectivity index (χ1) is 9.87. The van der Waals surface area contributed by atoms with Crippen LogP contribution in [-0.2, 0) is 16.1 Å². The maximum Gasteiger partial charge on any atom is 0.320 e. The summed E-state index contributed by atoms with van der Waals surface area (Å²) in [6, 6.07) is 7.55. The summed E-state index contributed by atoms with van der Waals surface area (Å²) in [6.07, 6.45) is 1.73. The summed E-state index contributed by atoms with van der Waals surface area (Å²) in [5.74, 6) is -0.270. The number of rotatable bonds is 4. The zero-order chi connectivity index (χ0) is 15.5. The third-order valence-corrected chi connectivity index (χ3v) is 3.13. The van der Waals surface area contributed by atoms with E-state index in [1.54, 1.807) is 6.20 Å². The molecule has 0 aliphatic carbocycles. The van der Waals surface area contributed by atoms with Gasteiger partial charge in [-0.05, 0) is 44.5 Å². The molecule has 0 fully saturated rings. The standard InChI is InChI=1S/C16H19ClN2O2/c1-16(2,3)21-14(20)10-18-9-11-6-7-13(17)12-5-4-8-19-15(11)12/h4-8,18H,9-10H2,1-3H3. The number of benzene rings is 1. The number of aromatic nitrogens is 1. The Morgan fingerprint density at radius 3 is 2.81 bits per heavy atom. The Morgan fingerprint density at radius 1 is 1.33 bits per heavy atom. The van der Waals surface area contributed by atoms with E-state index in [1.165, 1.54) is 0 Å². The minimum absolute atomic E-state index is 0.161. The molecule has 112 valence electrons. The molecule has 0 aliphatic heterocycles.